The molecule has 0 saturated heterocycles. The molecule has 1 amide bonds. The number of fused-ring (bicyclic) bond motifs is 1. The van der Waals surface area contributed by atoms with E-state index in [4.69, 9.17) is 5.73 Å². The molecule has 0 bridgehead atoms. The van der Waals surface area contributed by atoms with Crippen molar-refractivity contribution >= 4 is 33.1 Å². The van der Waals surface area contributed by atoms with Gasteiger partial charge in [0.2, 0.25) is 0 Å². The highest BCUT2D eigenvalue weighted by atomic mass is 32.1. The topological polar surface area (TPSA) is 68.0 Å². The number of amides is 1. The lowest BCUT2D eigenvalue weighted by atomic mass is 10.2. The second kappa shape index (κ2) is 4.78. The second-order valence-corrected chi connectivity index (χ2v) is 5.29. The summed E-state index contributed by atoms with van der Waals surface area (Å²) in [5.74, 6) is -0.170. The van der Waals surface area contributed by atoms with Crippen molar-refractivity contribution in [1.29, 1.82) is 0 Å². The molecule has 3 N–H and O–H groups in total. The number of rotatable bonds is 3. The van der Waals surface area contributed by atoms with Crippen molar-refractivity contribution in [3.8, 4) is 0 Å². The normalized spacial score (nSPS) is 10.6. The number of thiophene rings is 1. The van der Waals surface area contributed by atoms with Gasteiger partial charge in [-0.1, -0.05) is 12.2 Å². The number of nitrogens with zero attached hydrogens (tertiary/aromatic N) is 1. The van der Waals surface area contributed by atoms with Crippen LogP contribution in [0.2, 0.25) is 0 Å². The molecule has 94 valence electrons. The maximum absolute atomic E-state index is 12.0. The van der Waals surface area contributed by atoms with E-state index in [1.807, 2.05) is 26.0 Å². The molecule has 0 aromatic carbocycles. The first-order chi connectivity index (χ1) is 8.49. The van der Waals surface area contributed by atoms with Crippen molar-refractivity contribution in [3.05, 3.63) is 34.9 Å². The number of aromatic nitrogens is 1. The van der Waals surface area contributed by atoms with E-state index in [-0.39, 0.29) is 5.91 Å². The van der Waals surface area contributed by atoms with Crippen molar-refractivity contribution in [2.45, 2.75) is 13.8 Å². The molecule has 0 aliphatic heterocycles. The van der Waals surface area contributed by atoms with Gasteiger partial charge < -0.3 is 11.1 Å². The Kier molecular flexibility index (Phi) is 3.34. The summed E-state index contributed by atoms with van der Waals surface area (Å²) < 4.78 is 0. The van der Waals surface area contributed by atoms with E-state index in [2.05, 4.69) is 16.9 Å². The number of carbonyl (C=O) groups excluding carboxylic acids is 1. The fraction of sp³-hybridized carbons (Fsp3) is 0.231. The van der Waals surface area contributed by atoms with Gasteiger partial charge in [0.25, 0.3) is 5.91 Å². The monoisotopic (exact) mass is 261 g/mol. The molecule has 0 aliphatic rings. The van der Waals surface area contributed by atoms with Crippen LogP contribution in [0.4, 0.5) is 5.69 Å². The number of hydrogen-bond donors (Lipinski definition) is 2. The van der Waals surface area contributed by atoms with Gasteiger partial charge in [-0.3, -0.25) is 4.79 Å². The number of nitrogens with one attached hydrogen (secondary N) is 1. The molecule has 0 spiro atoms. The van der Waals surface area contributed by atoms with Crippen LogP contribution in [0.3, 0.4) is 0 Å². The van der Waals surface area contributed by atoms with Crippen LogP contribution in [0.25, 0.3) is 10.2 Å². The standard InChI is InChI=1S/C13H15N3OS/c1-7(2)6-15-12(17)11-10(14)9-5-4-8(3)16-13(9)18-11/h4-5H,1,6,14H2,2-3H3,(H,15,17). The first kappa shape index (κ1) is 12.6. The van der Waals surface area contributed by atoms with Crippen molar-refractivity contribution in [2.75, 3.05) is 12.3 Å². The number of nitrogens with two attached hydrogens (primary N) is 1. The second-order valence-electron chi connectivity index (χ2n) is 4.29. The molecule has 0 fully saturated rings. The molecule has 0 aliphatic carbocycles. The predicted octanol–water partition coefficient (Wildman–Crippen LogP) is 2.49. The SMILES string of the molecule is C=C(C)CNC(=O)c1sc2nc(C)ccc2c1N. The van der Waals surface area contributed by atoms with Crippen LogP contribution >= 0.6 is 11.3 Å². The predicted molar refractivity (Wildman–Crippen MR) is 75.9 cm³/mol. The Bertz CT molecular complexity index is 630. The minimum atomic E-state index is -0.170. The molecule has 0 saturated carbocycles. The van der Waals surface area contributed by atoms with Gasteiger partial charge >= 0.3 is 0 Å². The van der Waals surface area contributed by atoms with Crippen molar-refractivity contribution in [3.63, 3.8) is 0 Å². The van der Waals surface area contributed by atoms with E-state index in [9.17, 15) is 4.79 Å². The van der Waals surface area contributed by atoms with Crippen molar-refractivity contribution in [2.24, 2.45) is 0 Å². The molecule has 0 radical (unpaired) electrons. The van der Waals surface area contributed by atoms with E-state index in [1.54, 1.807) is 0 Å². The summed E-state index contributed by atoms with van der Waals surface area (Å²) in [4.78, 5) is 17.7. The van der Waals surface area contributed by atoms with Crippen molar-refractivity contribution < 1.29 is 4.79 Å². The molecule has 5 heteroatoms. The molecule has 2 rings (SSSR count). The molecule has 18 heavy (non-hydrogen) atoms. The van der Waals surface area contributed by atoms with E-state index in [0.717, 1.165) is 21.5 Å². The van der Waals surface area contributed by atoms with Crippen LogP contribution in [0.5, 0.6) is 0 Å². The zero-order valence-electron chi connectivity index (χ0n) is 10.4. The average molecular weight is 261 g/mol. The summed E-state index contributed by atoms with van der Waals surface area (Å²) in [6.45, 7) is 7.97. The largest absolute Gasteiger partial charge is 0.397 e. The van der Waals surface area contributed by atoms with E-state index in [0.29, 0.717) is 17.1 Å². The van der Waals surface area contributed by atoms with Gasteiger partial charge in [-0.25, -0.2) is 4.98 Å². The van der Waals surface area contributed by atoms with Gasteiger partial charge in [-0.05, 0) is 26.0 Å². The summed E-state index contributed by atoms with van der Waals surface area (Å²) in [6.07, 6.45) is 0. The lowest BCUT2D eigenvalue weighted by Crippen LogP contribution is -2.24. The third kappa shape index (κ3) is 2.36. The van der Waals surface area contributed by atoms with E-state index < -0.39 is 0 Å². The maximum Gasteiger partial charge on any atom is 0.263 e. The van der Waals surface area contributed by atoms with Crippen LogP contribution in [0.15, 0.2) is 24.3 Å². The number of anilines is 1. The number of hydrogen-bond acceptors (Lipinski definition) is 4. The summed E-state index contributed by atoms with van der Waals surface area (Å²) >= 11 is 1.32. The highest BCUT2D eigenvalue weighted by molar-refractivity contribution is 7.21. The Labute approximate surface area is 110 Å². The first-order valence-electron chi connectivity index (χ1n) is 5.57. The molecule has 0 unspecified atom stereocenters. The minimum absolute atomic E-state index is 0.170. The van der Waals surface area contributed by atoms with Gasteiger partial charge in [-0.2, -0.15) is 0 Å². The lowest BCUT2D eigenvalue weighted by molar-refractivity contribution is 0.0962. The Hall–Kier alpha value is -1.88. The van der Waals surface area contributed by atoms with Gasteiger partial charge in [0.05, 0.1) is 5.69 Å². The molecule has 2 heterocycles. The molecule has 2 aromatic heterocycles. The Morgan fingerprint density at radius 2 is 2.28 bits per heavy atom. The zero-order chi connectivity index (χ0) is 13.3. The summed E-state index contributed by atoms with van der Waals surface area (Å²) in [5.41, 5.74) is 8.30. The van der Waals surface area contributed by atoms with Gasteiger partial charge in [0.15, 0.2) is 0 Å². The zero-order valence-corrected chi connectivity index (χ0v) is 11.2. The summed E-state index contributed by atoms with van der Waals surface area (Å²) in [7, 11) is 0. The highest BCUT2D eigenvalue weighted by Gasteiger charge is 2.16. The van der Waals surface area contributed by atoms with E-state index in [1.165, 1.54) is 11.3 Å². The van der Waals surface area contributed by atoms with Gasteiger partial charge in [0, 0.05) is 17.6 Å². The molecular formula is C13H15N3OS. The van der Waals surface area contributed by atoms with Crippen molar-refractivity contribution in [1.82, 2.24) is 10.3 Å². The van der Waals surface area contributed by atoms with E-state index >= 15 is 0 Å². The molecule has 0 atom stereocenters. The molecule has 2 aromatic rings. The highest BCUT2D eigenvalue weighted by Crippen LogP contribution is 2.32. The quantitative estimate of drug-likeness (QED) is 0.834. The maximum atomic E-state index is 12.0. The summed E-state index contributed by atoms with van der Waals surface area (Å²) in [5, 5.41) is 3.62. The fourth-order valence-corrected chi connectivity index (χ4v) is 2.63. The number of pyridine rings is 1. The summed E-state index contributed by atoms with van der Waals surface area (Å²) in [6, 6.07) is 3.79. The minimum Gasteiger partial charge on any atom is -0.397 e. The van der Waals surface area contributed by atoms with Gasteiger partial charge in [-0.15, -0.1) is 11.3 Å². The number of carbonyl (C=O) groups is 1. The lowest BCUT2D eigenvalue weighted by Gasteiger charge is -2.03. The van der Waals surface area contributed by atoms with Crippen LogP contribution in [-0.2, 0) is 0 Å². The third-order valence-electron chi connectivity index (χ3n) is 2.49. The number of aryl methyl sites for hydroxylation is 1. The average Bonchev–Trinajstić information content (AvgIpc) is 2.63. The Morgan fingerprint density at radius 1 is 1.56 bits per heavy atom. The molecular weight excluding hydrogens is 246 g/mol. The third-order valence-corrected chi connectivity index (χ3v) is 3.60. The van der Waals surface area contributed by atoms with Gasteiger partial charge in [0.1, 0.15) is 9.71 Å². The first-order valence-corrected chi connectivity index (χ1v) is 6.39. The van der Waals surface area contributed by atoms with Crippen LogP contribution in [-0.4, -0.2) is 17.4 Å². The fourth-order valence-electron chi connectivity index (χ4n) is 1.57. The van der Waals surface area contributed by atoms with Crippen LogP contribution in [0.1, 0.15) is 22.3 Å². The van der Waals surface area contributed by atoms with Crippen LogP contribution in [0, 0.1) is 6.92 Å². The smallest absolute Gasteiger partial charge is 0.263 e. The van der Waals surface area contributed by atoms with Crippen LogP contribution < -0.4 is 11.1 Å². The molecule has 4 nitrogen and oxygen atoms in total. The Balaban J connectivity index is 2.36. The Morgan fingerprint density at radius 3 is 2.94 bits per heavy atom. The number of nitrogen functional groups attached to an aromatic ring is 1.